The van der Waals surface area contributed by atoms with Crippen LogP contribution >= 0.6 is 15.9 Å². The van der Waals surface area contributed by atoms with Crippen LogP contribution in [0.4, 0.5) is 0 Å². The molecular weight excluding hydrogens is 586 g/mol. The molecule has 212 valence electrons. The van der Waals surface area contributed by atoms with Crippen molar-refractivity contribution in [2.45, 2.75) is 31.6 Å². The lowest BCUT2D eigenvalue weighted by Gasteiger charge is -2.37. The summed E-state index contributed by atoms with van der Waals surface area (Å²) < 4.78 is 23.2. The molecule has 0 saturated carbocycles. The van der Waals surface area contributed by atoms with E-state index in [1.807, 2.05) is 73.7 Å². The third kappa shape index (κ3) is 6.07. The molecule has 0 bridgehead atoms. The Balaban J connectivity index is 1.49. The smallest absolute Gasteiger partial charge is 0.315 e. The van der Waals surface area contributed by atoms with Crippen molar-refractivity contribution in [3.8, 4) is 17.2 Å². The van der Waals surface area contributed by atoms with Gasteiger partial charge in [-0.1, -0.05) is 64.5 Å². The number of ketones is 1. The van der Waals surface area contributed by atoms with Gasteiger partial charge >= 0.3 is 5.97 Å². The number of methoxy groups -OCH3 is 2. The molecule has 0 amide bonds. The van der Waals surface area contributed by atoms with Gasteiger partial charge in [-0.3, -0.25) is 14.6 Å². The summed E-state index contributed by atoms with van der Waals surface area (Å²) in [4.78, 5) is 32.5. The maximum atomic E-state index is 13.9. The van der Waals surface area contributed by atoms with Crippen molar-refractivity contribution in [3.05, 3.63) is 99.7 Å². The minimum atomic E-state index is -0.794. The Kier molecular flexibility index (Phi) is 8.88. The van der Waals surface area contributed by atoms with Crippen LogP contribution in [-0.2, 0) is 14.3 Å². The summed E-state index contributed by atoms with van der Waals surface area (Å²) in [6, 6.07) is 23.0. The SMILES string of the molecule is COc1cc(Br)c([C@H]2C3=C(C[C@H](c4ccccc4)CC3=O)N=C(C)C2C(=O)OCCOc2ccccc2)cc1OC. The molecular formula is C33H32BrNO6. The Morgan fingerprint density at radius 3 is 2.27 bits per heavy atom. The van der Waals surface area contributed by atoms with Crippen LogP contribution in [0.2, 0.25) is 0 Å². The lowest BCUT2D eigenvalue weighted by Crippen LogP contribution is -2.38. The molecule has 0 aromatic heterocycles. The Labute approximate surface area is 248 Å². The van der Waals surface area contributed by atoms with E-state index in [1.54, 1.807) is 20.3 Å². The molecule has 1 aliphatic carbocycles. The van der Waals surface area contributed by atoms with Crippen molar-refractivity contribution in [1.82, 2.24) is 0 Å². The number of allylic oxidation sites excluding steroid dienone is 2. The molecule has 8 heteroatoms. The minimum absolute atomic E-state index is 0.0201. The predicted molar refractivity (Wildman–Crippen MR) is 160 cm³/mol. The molecule has 3 aromatic rings. The van der Waals surface area contributed by atoms with Crippen molar-refractivity contribution >= 4 is 33.4 Å². The lowest BCUT2D eigenvalue weighted by atomic mass is 9.69. The molecule has 0 saturated heterocycles. The van der Waals surface area contributed by atoms with Crippen LogP contribution in [0.3, 0.4) is 0 Å². The maximum absolute atomic E-state index is 13.9. The molecule has 5 rings (SSSR count). The molecule has 7 nitrogen and oxygen atoms in total. The molecule has 1 unspecified atom stereocenters. The molecule has 3 atom stereocenters. The van der Waals surface area contributed by atoms with E-state index in [4.69, 9.17) is 23.9 Å². The minimum Gasteiger partial charge on any atom is -0.493 e. The number of carbonyl (C=O) groups excluding carboxylic acids is 2. The second-order valence-electron chi connectivity index (χ2n) is 10.1. The second kappa shape index (κ2) is 12.7. The highest BCUT2D eigenvalue weighted by molar-refractivity contribution is 9.10. The fraction of sp³-hybridized carbons (Fsp3) is 0.303. The second-order valence-corrected chi connectivity index (χ2v) is 10.9. The first-order valence-electron chi connectivity index (χ1n) is 13.5. The fourth-order valence-electron chi connectivity index (χ4n) is 5.68. The van der Waals surface area contributed by atoms with Crippen LogP contribution in [0.15, 0.2) is 93.5 Å². The van der Waals surface area contributed by atoms with E-state index in [0.717, 1.165) is 16.8 Å². The van der Waals surface area contributed by atoms with Crippen molar-refractivity contribution in [1.29, 1.82) is 0 Å². The molecule has 3 aromatic carbocycles. The first-order chi connectivity index (χ1) is 19.9. The average Bonchev–Trinajstić information content (AvgIpc) is 2.99. The molecule has 1 aliphatic heterocycles. The summed E-state index contributed by atoms with van der Waals surface area (Å²) in [5, 5.41) is 0. The molecule has 0 fully saturated rings. The third-order valence-electron chi connectivity index (χ3n) is 7.59. The molecule has 0 radical (unpaired) electrons. The van der Waals surface area contributed by atoms with Crippen LogP contribution in [0.5, 0.6) is 17.2 Å². The number of hydrogen-bond acceptors (Lipinski definition) is 7. The van der Waals surface area contributed by atoms with E-state index >= 15 is 0 Å². The number of carbonyl (C=O) groups is 2. The molecule has 2 aliphatic rings. The van der Waals surface area contributed by atoms with Crippen LogP contribution < -0.4 is 14.2 Å². The summed E-state index contributed by atoms with van der Waals surface area (Å²) in [6.45, 7) is 2.09. The van der Waals surface area contributed by atoms with Gasteiger partial charge in [0.05, 0.1) is 14.2 Å². The van der Waals surface area contributed by atoms with Gasteiger partial charge in [0, 0.05) is 33.8 Å². The van der Waals surface area contributed by atoms with Crippen LogP contribution in [0, 0.1) is 5.92 Å². The number of nitrogens with zero attached hydrogens (tertiary/aromatic N) is 1. The summed E-state index contributed by atoms with van der Waals surface area (Å²) in [5.74, 6) is -0.127. The number of esters is 1. The van der Waals surface area contributed by atoms with Gasteiger partial charge < -0.3 is 18.9 Å². The van der Waals surface area contributed by atoms with Gasteiger partial charge in [-0.2, -0.15) is 0 Å². The monoisotopic (exact) mass is 617 g/mol. The van der Waals surface area contributed by atoms with Gasteiger partial charge in [0.2, 0.25) is 0 Å². The molecule has 1 heterocycles. The Morgan fingerprint density at radius 1 is 0.927 bits per heavy atom. The van der Waals surface area contributed by atoms with Crippen molar-refractivity contribution in [2.24, 2.45) is 10.9 Å². The number of aliphatic imine (C=N–C) groups is 1. The fourth-order valence-corrected chi connectivity index (χ4v) is 6.25. The summed E-state index contributed by atoms with van der Waals surface area (Å²) in [6.07, 6.45) is 0.946. The van der Waals surface area contributed by atoms with E-state index < -0.39 is 17.8 Å². The first-order valence-corrected chi connectivity index (χ1v) is 14.3. The molecule has 41 heavy (non-hydrogen) atoms. The number of ether oxygens (including phenoxy) is 4. The van der Waals surface area contributed by atoms with Gasteiger partial charge in [0.25, 0.3) is 0 Å². The van der Waals surface area contributed by atoms with E-state index in [1.165, 1.54) is 0 Å². The van der Waals surface area contributed by atoms with Crippen molar-refractivity contribution < 1.29 is 28.5 Å². The van der Waals surface area contributed by atoms with Gasteiger partial charge in [0.15, 0.2) is 17.3 Å². The zero-order valence-corrected chi connectivity index (χ0v) is 24.8. The summed E-state index contributed by atoms with van der Waals surface area (Å²) >= 11 is 3.68. The van der Waals surface area contributed by atoms with Gasteiger partial charge in [-0.25, -0.2) is 0 Å². The van der Waals surface area contributed by atoms with E-state index in [0.29, 0.717) is 45.8 Å². The first kappa shape index (κ1) is 28.6. The summed E-state index contributed by atoms with van der Waals surface area (Å²) in [5.41, 5.74) is 3.71. The molecule has 0 spiro atoms. The standard InChI is InChI=1S/C33H32BrNO6/c1-20-30(33(37)41-15-14-40-23-12-8-5-9-13-23)31(24-18-28(38-2)29(39-3)19-25(24)34)32-26(35-20)16-22(17-27(32)36)21-10-6-4-7-11-21/h4-13,18-19,22,30-31H,14-17H2,1-3H3/t22-,30?,31+/m0/s1. The number of para-hydroxylation sites is 1. The highest BCUT2D eigenvalue weighted by atomic mass is 79.9. The Hall–Kier alpha value is -3.91. The van der Waals surface area contributed by atoms with Crippen molar-refractivity contribution in [3.63, 3.8) is 0 Å². The number of rotatable bonds is 9. The maximum Gasteiger partial charge on any atom is 0.315 e. The number of hydrogen-bond donors (Lipinski definition) is 0. The third-order valence-corrected chi connectivity index (χ3v) is 8.28. The topological polar surface area (TPSA) is 83.4 Å². The zero-order valence-electron chi connectivity index (χ0n) is 23.3. The van der Waals surface area contributed by atoms with Crippen LogP contribution in [0.25, 0.3) is 0 Å². The van der Waals surface area contributed by atoms with Gasteiger partial charge in [-0.15, -0.1) is 0 Å². The molecule has 0 N–H and O–H groups in total. The van der Waals surface area contributed by atoms with Crippen molar-refractivity contribution in [2.75, 3.05) is 27.4 Å². The van der Waals surface area contributed by atoms with Gasteiger partial charge in [-0.05, 0) is 54.7 Å². The van der Waals surface area contributed by atoms with Crippen LogP contribution in [0.1, 0.15) is 42.7 Å². The highest BCUT2D eigenvalue weighted by Gasteiger charge is 2.45. The van der Waals surface area contributed by atoms with Crippen LogP contribution in [-0.4, -0.2) is 44.9 Å². The summed E-state index contributed by atoms with van der Waals surface area (Å²) in [7, 11) is 3.12. The highest BCUT2D eigenvalue weighted by Crippen LogP contribution is 2.49. The van der Waals surface area contributed by atoms with E-state index in [2.05, 4.69) is 15.9 Å². The largest absolute Gasteiger partial charge is 0.493 e. The quantitative estimate of drug-likeness (QED) is 0.197. The number of halogens is 1. The zero-order chi connectivity index (χ0) is 28.9. The normalized spacial score (nSPS) is 20.1. The number of Topliss-reactive ketones (excluding diaryl/α,β-unsaturated/α-hetero) is 1. The predicted octanol–water partition coefficient (Wildman–Crippen LogP) is 6.66. The average molecular weight is 619 g/mol. The lowest BCUT2D eigenvalue weighted by molar-refractivity contribution is -0.147. The van der Waals surface area contributed by atoms with Gasteiger partial charge in [0.1, 0.15) is 24.9 Å². The van der Waals surface area contributed by atoms with E-state index in [9.17, 15) is 9.59 Å². The van der Waals surface area contributed by atoms with E-state index in [-0.39, 0.29) is 24.9 Å². The Bertz CT molecular complexity index is 1480. The Morgan fingerprint density at radius 2 is 1.59 bits per heavy atom. The number of benzene rings is 3.